The third kappa shape index (κ3) is 1.79. The quantitative estimate of drug-likeness (QED) is 0.487. The van der Waals surface area contributed by atoms with Crippen LogP contribution in [0.5, 0.6) is 0 Å². The Hall–Kier alpha value is -2.26. The van der Waals surface area contributed by atoms with Crippen molar-refractivity contribution in [2.45, 2.75) is 0 Å². The lowest BCUT2D eigenvalue weighted by Gasteiger charge is -2.03. The molecule has 0 saturated carbocycles. The van der Waals surface area contributed by atoms with Gasteiger partial charge in [0.05, 0.1) is 10.4 Å². The van der Waals surface area contributed by atoms with Crippen LogP contribution in [0.3, 0.4) is 0 Å². The lowest BCUT2D eigenvalue weighted by atomic mass is 10.1. The second kappa shape index (κ2) is 4.44. The number of fused-ring (bicyclic) bond motifs is 1. The number of Topliss-reactive ketones (excluding diaryl/α,β-unsaturated/α-hetero) is 1. The average Bonchev–Trinajstić information content (AvgIpc) is 2.72. The van der Waals surface area contributed by atoms with E-state index in [2.05, 4.69) is 0 Å². The van der Waals surface area contributed by atoms with Gasteiger partial charge in [0, 0.05) is 16.7 Å². The van der Waals surface area contributed by atoms with Crippen LogP contribution in [0.25, 0.3) is 5.76 Å². The summed E-state index contributed by atoms with van der Waals surface area (Å²) in [5, 5.41) is 10.3. The van der Waals surface area contributed by atoms with Crippen molar-refractivity contribution in [1.29, 1.82) is 0 Å². The second-order valence-corrected chi connectivity index (χ2v) is 4.70. The lowest BCUT2D eigenvalue weighted by Crippen LogP contribution is -2.04. The highest BCUT2D eigenvalue weighted by Crippen LogP contribution is 2.31. The first-order chi connectivity index (χ1) is 9.20. The van der Waals surface area contributed by atoms with Crippen LogP contribution in [0.2, 0.25) is 0 Å². The fraction of sp³-hybridized carbons (Fsp3) is 0. The predicted molar refractivity (Wildman–Crippen MR) is 78.5 cm³/mol. The van der Waals surface area contributed by atoms with Crippen LogP contribution < -0.4 is 0 Å². The highest BCUT2D eigenvalue weighted by molar-refractivity contribution is 7.81. The molecule has 0 aliphatic heterocycles. The van der Waals surface area contributed by atoms with E-state index in [0.717, 1.165) is 5.56 Å². The Labute approximate surface area is 116 Å². The Kier molecular flexibility index (Phi) is 2.76. The first kappa shape index (κ1) is 11.8. The van der Waals surface area contributed by atoms with E-state index in [0.29, 0.717) is 16.0 Å². The molecule has 0 spiro atoms. The van der Waals surface area contributed by atoms with Gasteiger partial charge >= 0.3 is 0 Å². The molecule has 0 saturated heterocycles. The summed E-state index contributed by atoms with van der Waals surface area (Å²) in [5.41, 5.74) is 2.10. The minimum atomic E-state index is -0.207. The van der Waals surface area contributed by atoms with Gasteiger partial charge in [-0.05, 0) is 0 Å². The van der Waals surface area contributed by atoms with Crippen molar-refractivity contribution >= 4 is 28.6 Å². The minimum Gasteiger partial charge on any atom is -0.506 e. The topological polar surface area (TPSA) is 37.3 Å². The zero-order chi connectivity index (χ0) is 13.4. The number of carbonyl (C=O) groups is 1. The molecule has 2 aromatic carbocycles. The van der Waals surface area contributed by atoms with Gasteiger partial charge in [0.2, 0.25) is 0 Å². The molecular weight excluding hydrogens is 256 g/mol. The third-order valence-corrected chi connectivity index (χ3v) is 3.58. The predicted octanol–water partition coefficient (Wildman–Crippen LogP) is 3.57. The molecule has 0 unspecified atom stereocenters. The molecule has 19 heavy (non-hydrogen) atoms. The average molecular weight is 266 g/mol. The van der Waals surface area contributed by atoms with Gasteiger partial charge in [0.25, 0.3) is 0 Å². The van der Waals surface area contributed by atoms with Crippen molar-refractivity contribution < 1.29 is 9.90 Å². The first-order valence-corrected chi connectivity index (χ1v) is 6.28. The maximum absolute atomic E-state index is 12.3. The van der Waals surface area contributed by atoms with Crippen LogP contribution in [0, 0.1) is 0 Å². The molecule has 0 bridgehead atoms. The van der Waals surface area contributed by atoms with E-state index in [9.17, 15) is 9.90 Å². The van der Waals surface area contributed by atoms with E-state index in [4.69, 9.17) is 12.2 Å². The lowest BCUT2D eigenvalue weighted by molar-refractivity contribution is 0.104. The Morgan fingerprint density at radius 2 is 1.47 bits per heavy atom. The summed E-state index contributed by atoms with van der Waals surface area (Å²) < 4.78 is 0. The smallest absolute Gasteiger partial charge is 0.198 e. The molecule has 0 amide bonds. The van der Waals surface area contributed by atoms with Gasteiger partial charge in [-0.1, -0.05) is 66.8 Å². The third-order valence-electron chi connectivity index (χ3n) is 3.15. The molecule has 3 rings (SSSR count). The van der Waals surface area contributed by atoms with Crippen molar-refractivity contribution in [2.24, 2.45) is 0 Å². The van der Waals surface area contributed by atoms with Crippen molar-refractivity contribution in [3.8, 4) is 0 Å². The molecule has 0 radical (unpaired) electrons. The highest BCUT2D eigenvalue weighted by Gasteiger charge is 2.32. The number of carbonyl (C=O) groups excluding carboxylic acids is 1. The Balaban J connectivity index is 2.19. The monoisotopic (exact) mass is 266 g/mol. The molecular formula is C16H10O2S. The summed E-state index contributed by atoms with van der Waals surface area (Å²) in [6, 6.07) is 16.1. The molecule has 2 nitrogen and oxygen atoms in total. The van der Waals surface area contributed by atoms with Gasteiger partial charge in [-0.25, -0.2) is 0 Å². The molecule has 2 aromatic rings. The van der Waals surface area contributed by atoms with Crippen LogP contribution in [0.4, 0.5) is 0 Å². The molecule has 92 valence electrons. The van der Waals surface area contributed by atoms with Gasteiger partial charge in [-0.2, -0.15) is 0 Å². The van der Waals surface area contributed by atoms with Crippen LogP contribution >= 0.6 is 12.2 Å². The highest BCUT2D eigenvalue weighted by atomic mass is 32.1. The van der Waals surface area contributed by atoms with E-state index in [1.54, 1.807) is 30.3 Å². The van der Waals surface area contributed by atoms with E-state index in [-0.39, 0.29) is 17.1 Å². The summed E-state index contributed by atoms with van der Waals surface area (Å²) in [7, 11) is 0. The maximum atomic E-state index is 12.3. The van der Waals surface area contributed by atoms with Crippen LogP contribution in [0.1, 0.15) is 21.5 Å². The number of hydrogen-bond acceptors (Lipinski definition) is 3. The van der Waals surface area contributed by atoms with E-state index < -0.39 is 0 Å². The normalized spacial score (nSPS) is 16.4. The number of allylic oxidation sites excluding steroid dienone is 1. The largest absolute Gasteiger partial charge is 0.506 e. The van der Waals surface area contributed by atoms with Crippen molar-refractivity contribution in [2.75, 3.05) is 0 Å². The summed E-state index contributed by atoms with van der Waals surface area (Å²) in [6.45, 7) is 0. The van der Waals surface area contributed by atoms with Gasteiger partial charge < -0.3 is 5.11 Å². The number of aliphatic hydroxyl groups excluding tert-OH is 1. The number of benzene rings is 2. The van der Waals surface area contributed by atoms with Crippen LogP contribution in [-0.2, 0) is 0 Å². The van der Waals surface area contributed by atoms with Gasteiger partial charge in [0.15, 0.2) is 5.78 Å². The molecule has 3 heteroatoms. The molecule has 0 fully saturated rings. The van der Waals surface area contributed by atoms with E-state index >= 15 is 0 Å². The second-order valence-electron chi connectivity index (χ2n) is 4.29. The van der Waals surface area contributed by atoms with Gasteiger partial charge in [-0.3, -0.25) is 4.79 Å². The molecule has 0 atom stereocenters. The van der Waals surface area contributed by atoms with E-state index in [1.165, 1.54) is 0 Å². The van der Waals surface area contributed by atoms with Crippen molar-refractivity contribution in [1.82, 2.24) is 0 Å². The Bertz CT molecular complexity index is 678. The minimum absolute atomic E-state index is 0.0493. The molecule has 0 aromatic heterocycles. The van der Waals surface area contributed by atoms with Crippen molar-refractivity contribution in [3.63, 3.8) is 0 Å². The zero-order valence-corrected chi connectivity index (χ0v) is 10.8. The van der Waals surface area contributed by atoms with Crippen LogP contribution in [0.15, 0.2) is 60.2 Å². The van der Waals surface area contributed by atoms with Gasteiger partial charge in [0.1, 0.15) is 5.76 Å². The summed E-state index contributed by atoms with van der Waals surface area (Å²) in [6.07, 6.45) is 0. The van der Waals surface area contributed by atoms with Crippen LogP contribution in [-0.4, -0.2) is 15.8 Å². The Morgan fingerprint density at radius 3 is 2.11 bits per heavy atom. The Morgan fingerprint density at radius 1 is 0.895 bits per heavy atom. The SMILES string of the molecule is O=C1/C(=C(\O)c2ccccc2)C(=S)c2ccccc21. The maximum Gasteiger partial charge on any atom is 0.198 e. The van der Waals surface area contributed by atoms with Crippen molar-refractivity contribution in [3.05, 3.63) is 76.9 Å². The molecule has 0 heterocycles. The summed E-state index contributed by atoms with van der Waals surface area (Å²) >= 11 is 5.31. The first-order valence-electron chi connectivity index (χ1n) is 5.87. The van der Waals surface area contributed by atoms with Gasteiger partial charge in [-0.15, -0.1) is 0 Å². The number of rotatable bonds is 1. The number of ketones is 1. The number of hydrogen-bond donors (Lipinski definition) is 1. The number of aliphatic hydroxyl groups is 1. The fourth-order valence-electron chi connectivity index (χ4n) is 2.21. The molecule has 1 N–H and O–H groups in total. The fourth-order valence-corrected chi connectivity index (χ4v) is 2.57. The van der Waals surface area contributed by atoms with E-state index in [1.807, 2.05) is 24.3 Å². The molecule has 1 aliphatic rings. The standard InChI is InChI=1S/C16H10O2S/c17-14(10-6-2-1-3-7-10)13-15(18)11-8-4-5-9-12(11)16(13)19/h1-9,17H/b14-13+. The number of thiocarbonyl (C=S) groups is 1. The zero-order valence-electron chi connectivity index (χ0n) is 9.96. The summed E-state index contributed by atoms with van der Waals surface area (Å²) in [4.78, 5) is 12.7. The molecule has 1 aliphatic carbocycles. The summed E-state index contributed by atoms with van der Waals surface area (Å²) in [5.74, 6) is -0.256.